The lowest BCUT2D eigenvalue weighted by molar-refractivity contribution is 0.172. The van der Waals surface area contributed by atoms with Gasteiger partial charge in [0.2, 0.25) is 0 Å². The monoisotopic (exact) mass is 267 g/mol. The Morgan fingerprint density at radius 1 is 1.50 bits per heavy atom. The van der Waals surface area contributed by atoms with Crippen LogP contribution in [0.1, 0.15) is 44.5 Å². The first-order chi connectivity index (χ1) is 8.59. The fraction of sp³-hybridized carbons (Fsp3) is 0.786. The van der Waals surface area contributed by atoms with Crippen LogP contribution >= 0.6 is 11.3 Å². The van der Waals surface area contributed by atoms with Crippen molar-refractivity contribution in [2.24, 2.45) is 0 Å². The van der Waals surface area contributed by atoms with Crippen LogP contribution in [-0.2, 0) is 5.54 Å². The molecule has 0 bridgehead atoms. The highest BCUT2D eigenvalue weighted by Gasteiger charge is 2.24. The molecule has 4 heteroatoms. The van der Waals surface area contributed by atoms with E-state index in [0.717, 1.165) is 12.6 Å². The molecule has 0 radical (unpaired) electrons. The molecule has 1 fully saturated rings. The summed E-state index contributed by atoms with van der Waals surface area (Å²) in [6, 6.07) is 0.762. The largest absolute Gasteiger partial charge is 0.306 e. The predicted molar refractivity (Wildman–Crippen MR) is 78.0 cm³/mol. The number of rotatable bonds is 5. The summed E-state index contributed by atoms with van der Waals surface area (Å²) in [6.07, 6.45) is 7.25. The molecule has 2 rings (SSSR count). The van der Waals surface area contributed by atoms with E-state index in [2.05, 4.69) is 36.1 Å². The maximum absolute atomic E-state index is 4.41. The number of likely N-dealkylation sites (tertiary alicyclic amines) is 1. The molecule has 1 aliphatic heterocycles. The van der Waals surface area contributed by atoms with Crippen molar-refractivity contribution in [3.63, 3.8) is 0 Å². The number of thiazole rings is 1. The molecule has 0 amide bonds. The second kappa shape index (κ2) is 6.13. The van der Waals surface area contributed by atoms with Crippen LogP contribution in [0.5, 0.6) is 0 Å². The molecule has 1 N–H and O–H groups in total. The molecule has 0 spiro atoms. The third-order valence-electron chi connectivity index (χ3n) is 3.93. The van der Waals surface area contributed by atoms with Gasteiger partial charge < -0.3 is 10.2 Å². The fourth-order valence-electron chi connectivity index (χ4n) is 2.67. The first-order valence-corrected chi connectivity index (χ1v) is 7.83. The van der Waals surface area contributed by atoms with Crippen LogP contribution in [0.15, 0.2) is 11.6 Å². The molecule has 1 unspecified atom stereocenters. The van der Waals surface area contributed by atoms with Crippen molar-refractivity contribution >= 4 is 11.3 Å². The van der Waals surface area contributed by atoms with Crippen molar-refractivity contribution in [3.05, 3.63) is 16.6 Å². The van der Waals surface area contributed by atoms with Gasteiger partial charge in [-0.1, -0.05) is 6.42 Å². The van der Waals surface area contributed by atoms with Crippen molar-refractivity contribution in [2.45, 2.75) is 51.1 Å². The van der Waals surface area contributed by atoms with Gasteiger partial charge in [0.05, 0.1) is 5.54 Å². The molecule has 0 saturated carbocycles. The van der Waals surface area contributed by atoms with Crippen LogP contribution < -0.4 is 5.32 Å². The normalized spacial score (nSPS) is 22.3. The molecule has 1 aromatic heterocycles. The van der Waals surface area contributed by atoms with E-state index in [0.29, 0.717) is 0 Å². The Kier molecular flexibility index (Phi) is 4.76. The predicted octanol–water partition coefficient (Wildman–Crippen LogP) is 2.84. The average molecular weight is 267 g/mol. The topological polar surface area (TPSA) is 28.2 Å². The Morgan fingerprint density at radius 2 is 2.33 bits per heavy atom. The van der Waals surface area contributed by atoms with Crippen LogP contribution in [0.2, 0.25) is 0 Å². The highest BCUT2D eigenvalue weighted by Crippen LogP contribution is 2.23. The lowest BCUT2D eigenvalue weighted by atomic mass is 9.99. The van der Waals surface area contributed by atoms with Gasteiger partial charge in [-0.2, -0.15) is 0 Å². The zero-order valence-corrected chi connectivity index (χ0v) is 12.6. The van der Waals surface area contributed by atoms with E-state index in [4.69, 9.17) is 0 Å². The van der Waals surface area contributed by atoms with Gasteiger partial charge >= 0.3 is 0 Å². The summed E-state index contributed by atoms with van der Waals surface area (Å²) in [5.74, 6) is 0. The van der Waals surface area contributed by atoms with Crippen LogP contribution in [0.4, 0.5) is 0 Å². The minimum absolute atomic E-state index is 0.00139. The summed E-state index contributed by atoms with van der Waals surface area (Å²) in [7, 11) is 2.26. The molecule has 18 heavy (non-hydrogen) atoms. The molecule has 102 valence electrons. The zero-order chi connectivity index (χ0) is 13.0. The van der Waals surface area contributed by atoms with Crippen molar-refractivity contribution in [1.29, 1.82) is 0 Å². The van der Waals surface area contributed by atoms with Gasteiger partial charge in [0.1, 0.15) is 5.01 Å². The number of nitrogens with one attached hydrogen (secondary N) is 1. The number of aromatic nitrogens is 1. The molecule has 1 atom stereocenters. The third kappa shape index (κ3) is 3.53. The van der Waals surface area contributed by atoms with E-state index < -0.39 is 0 Å². The summed E-state index contributed by atoms with van der Waals surface area (Å²) in [5, 5.41) is 6.88. The Morgan fingerprint density at radius 3 is 3.00 bits per heavy atom. The Balaban J connectivity index is 1.77. The SMILES string of the molecule is CN1CCCCC1CCNC(C)(C)c1nccs1. The lowest BCUT2D eigenvalue weighted by Crippen LogP contribution is -2.42. The molecule has 1 aliphatic rings. The van der Waals surface area contributed by atoms with Crippen LogP contribution in [-0.4, -0.2) is 36.1 Å². The summed E-state index contributed by atoms with van der Waals surface area (Å²) >= 11 is 1.73. The van der Waals surface area contributed by atoms with Crippen molar-refractivity contribution < 1.29 is 0 Å². The van der Waals surface area contributed by atoms with Gasteiger partial charge in [-0.15, -0.1) is 11.3 Å². The van der Waals surface area contributed by atoms with Crippen molar-refractivity contribution in [2.75, 3.05) is 20.1 Å². The summed E-state index contributed by atoms with van der Waals surface area (Å²) in [6.45, 7) is 6.77. The molecule has 0 aliphatic carbocycles. The minimum atomic E-state index is 0.00139. The van der Waals surface area contributed by atoms with E-state index in [-0.39, 0.29) is 5.54 Å². The van der Waals surface area contributed by atoms with Gasteiger partial charge in [0.25, 0.3) is 0 Å². The molecule has 1 aromatic rings. The molecule has 1 saturated heterocycles. The van der Waals surface area contributed by atoms with Crippen molar-refractivity contribution in [1.82, 2.24) is 15.2 Å². The van der Waals surface area contributed by atoms with Crippen LogP contribution in [0.3, 0.4) is 0 Å². The summed E-state index contributed by atoms with van der Waals surface area (Å²) < 4.78 is 0. The quantitative estimate of drug-likeness (QED) is 0.889. The van der Waals surface area contributed by atoms with Gasteiger partial charge in [0, 0.05) is 17.6 Å². The maximum Gasteiger partial charge on any atom is 0.112 e. The van der Waals surface area contributed by atoms with Crippen molar-refractivity contribution in [3.8, 4) is 0 Å². The number of hydrogen-bond acceptors (Lipinski definition) is 4. The second-order valence-corrected chi connectivity index (χ2v) is 6.70. The smallest absolute Gasteiger partial charge is 0.112 e. The average Bonchev–Trinajstić information content (AvgIpc) is 2.86. The molecular formula is C14H25N3S. The van der Waals surface area contributed by atoms with Gasteiger partial charge in [-0.25, -0.2) is 4.98 Å². The fourth-order valence-corrected chi connectivity index (χ4v) is 3.41. The standard InChI is InChI=1S/C14H25N3S/c1-14(2,13-15-9-11-18-13)16-8-7-12-6-4-5-10-17(12)3/h9,11-12,16H,4-8,10H2,1-3H3. The van der Waals surface area contributed by atoms with Crippen LogP contribution in [0, 0.1) is 0 Å². The summed E-state index contributed by atoms with van der Waals surface area (Å²) in [5.41, 5.74) is 0.00139. The van der Waals surface area contributed by atoms with Gasteiger partial charge in [-0.3, -0.25) is 0 Å². The van der Waals surface area contributed by atoms with E-state index in [1.807, 2.05) is 11.6 Å². The maximum atomic E-state index is 4.41. The van der Waals surface area contributed by atoms with Gasteiger partial charge in [0.15, 0.2) is 0 Å². The summed E-state index contributed by atoms with van der Waals surface area (Å²) in [4.78, 5) is 6.93. The van der Waals surface area contributed by atoms with Gasteiger partial charge in [-0.05, 0) is 53.2 Å². The molecule has 2 heterocycles. The number of piperidine rings is 1. The van der Waals surface area contributed by atoms with E-state index in [1.54, 1.807) is 11.3 Å². The molecule has 0 aromatic carbocycles. The lowest BCUT2D eigenvalue weighted by Gasteiger charge is -2.33. The highest BCUT2D eigenvalue weighted by atomic mass is 32.1. The minimum Gasteiger partial charge on any atom is -0.306 e. The Labute approximate surface area is 115 Å². The van der Waals surface area contributed by atoms with Crippen LogP contribution in [0.25, 0.3) is 0 Å². The molecular weight excluding hydrogens is 242 g/mol. The number of hydrogen-bond donors (Lipinski definition) is 1. The first kappa shape index (κ1) is 14.0. The van der Waals surface area contributed by atoms with E-state index >= 15 is 0 Å². The first-order valence-electron chi connectivity index (χ1n) is 6.95. The Hall–Kier alpha value is -0.450. The third-order valence-corrected chi connectivity index (χ3v) is 5.03. The molecule has 3 nitrogen and oxygen atoms in total. The number of nitrogens with zero attached hydrogens (tertiary/aromatic N) is 2. The Bertz CT molecular complexity index is 348. The van der Waals surface area contributed by atoms with E-state index in [1.165, 1.54) is 37.2 Å². The zero-order valence-electron chi connectivity index (χ0n) is 11.8. The van der Waals surface area contributed by atoms with E-state index in [9.17, 15) is 0 Å². The highest BCUT2D eigenvalue weighted by molar-refractivity contribution is 7.09. The second-order valence-electron chi connectivity index (χ2n) is 5.81.